The fourth-order valence-electron chi connectivity index (χ4n) is 3.41. The summed E-state index contributed by atoms with van der Waals surface area (Å²) in [5, 5.41) is 15.1. The van der Waals surface area contributed by atoms with Crippen LogP contribution in [0.25, 0.3) is 22.2 Å². The fraction of sp³-hybridized carbons (Fsp3) is 0.174. The summed E-state index contributed by atoms with van der Waals surface area (Å²) in [5.74, 6) is 0.189. The zero-order chi connectivity index (χ0) is 19.3. The molecule has 1 aromatic heterocycles. The van der Waals surface area contributed by atoms with Gasteiger partial charge in [0.2, 0.25) is 0 Å². The lowest BCUT2D eigenvalue weighted by Gasteiger charge is -2.12. The number of phenolic OH excluding ortho intramolecular Hbond substituents is 1. The third kappa shape index (κ3) is 3.78. The van der Waals surface area contributed by atoms with Crippen molar-refractivity contribution in [2.45, 2.75) is 19.3 Å². The van der Waals surface area contributed by atoms with Crippen LogP contribution in [0.5, 0.6) is 5.75 Å². The highest BCUT2D eigenvalue weighted by Gasteiger charge is 2.15. The van der Waals surface area contributed by atoms with Crippen molar-refractivity contribution in [2.24, 2.45) is 11.0 Å². The van der Waals surface area contributed by atoms with Crippen LogP contribution in [0.1, 0.15) is 29.6 Å². The van der Waals surface area contributed by atoms with Crippen LogP contribution in [0.4, 0.5) is 0 Å². The minimum Gasteiger partial charge on any atom is -0.507 e. The topological polar surface area (TPSA) is 74.6 Å². The first-order valence-electron chi connectivity index (χ1n) is 9.39. The van der Waals surface area contributed by atoms with E-state index in [-0.39, 0.29) is 11.7 Å². The van der Waals surface area contributed by atoms with Crippen molar-refractivity contribution < 1.29 is 9.90 Å². The lowest BCUT2D eigenvalue weighted by Crippen LogP contribution is -2.19. The minimum atomic E-state index is -0.294. The largest absolute Gasteiger partial charge is 0.507 e. The number of nitrogens with one attached hydrogen (secondary N) is 1. The van der Waals surface area contributed by atoms with E-state index in [0.717, 1.165) is 24.6 Å². The Bertz CT molecular complexity index is 1070. The summed E-state index contributed by atoms with van der Waals surface area (Å²) in [6, 6.07) is 16.1. The van der Waals surface area contributed by atoms with Gasteiger partial charge in [-0.15, -0.1) is 0 Å². The Hall–Kier alpha value is -3.47. The normalized spacial score (nSPS) is 16.5. The van der Waals surface area contributed by atoms with E-state index in [2.05, 4.69) is 27.7 Å². The van der Waals surface area contributed by atoms with E-state index < -0.39 is 0 Å². The average Bonchev–Trinajstić information content (AvgIpc) is 2.74. The molecule has 0 spiro atoms. The molecule has 5 nitrogen and oxygen atoms in total. The maximum Gasteiger partial charge on any atom is 0.272 e. The molecule has 2 aromatic carbocycles. The SMILES string of the molecule is O=C(N/N=C\C1CC=CCC1)c1cc(-c2ccccc2O)nc2ccccc12. The molecule has 5 heteroatoms. The van der Waals surface area contributed by atoms with E-state index in [9.17, 15) is 9.90 Å². The van der Waals surface area contributed by atoms with Crippen molar-refractivity contribution in [1.29, 1.82) is 0 Å². The number of benzene rings is 2. The zero-order valence-corrected chi connectivity index (χ0v) is 15.4. The number of para-hydroxylation sites is 2. The highest BCUT2D eigenvalue weighted by atomic mass is 16.3. The number of hydrazone groups is 1. The van der Waals surface area contributed by atoms with Crippen molar-refractivity contribution in [3.8, 4) is 17.0 Å². The van der Waals surface area contributed by atoms with Crippen LogP contribution < -0.4 is 5.43 Å². The Morgan fingerprint density at radius 2 is 1.96 bits per heavy atom. The molecule has 1 unspecified atom stereocenters. The Morgan fingerprint density at radius 3 is 2.79 bits per heavy atom. The van der Waals surface area contributed by atoms with Crippen LogP contribution in [0.3, 0.4) is 0 Å². The van der Waals surface area contributed by atoms with Gasteiger partial charge >= 0.3 is 0 Å². The Kier molecular flexibility index (Phi) is 5.15. The number of hydrogen-bond acceptors (Lipinski definition) is 4. The summed E-state index contributed by atoms with van der Waals surface area (Å²) in [6.07, 6.45) is 9.18. The van der Waals surface area contributed by atoms with Gasteiger partial charge in [0.05, 0.1) is 16.8 Å². The fourth-order valence-corrected chi connectivity index (χ4v) is 3.41. The van der Waals surface area contributed by atoms with Crippen LogP contribution in [0.2, 0.25) is 0 Å². The molecule has 1 heterocycles. The first-order chi connectivity index (χ1) is 13.7. The lowest BCUT2D eigenvalue weighted by molar-refractivity contribution is 0.0956. The molecule has 1 atom stereocenters. The molecule has 28 heavy (non-hydrogen) atoms. The minimum absolute atomic E-state index is 0.125. The molecule has 3 aromatic rings. The Balaban J connectivity index is 1.67. The van der Waals surface area contributed by atoms with Gasteiger partial charge in [0, 0.05) is 17.2 Å². The average molecular weight is 371 g/mol. The number of hydrogen-bond donors (Lipinski definition) is 2. The summed E-state index contributed by atoms with van der Waals surface area (Å²) in [7, 11) is 0. The summed E-state index contributed by atoms with van der Waals surface area (Å²) in [4.78, 5) is 17.5. The van der Waals surface area contributed by atoms with E-state index in [1.807, 2.05) is 36.5 Å². The van der Waals surface area contributed by atoms with Gasteiger partial charge in [0.1, 0.15) is 5.75 Å². The molecule has 0 saturated heterocycles. The van der Waals surface area contributed by atoms with Crippen molar-refractivity contribution in [2.75, 3.05) is 0 Å². The second kappa shape index (κ2) is 8.05. The number of amides is 1. The maximum atomic E-state index is 12.8. The molecule has 0 aliphatic heterocycles. The molecule has 0 saturated carbocycles. The number of carbonyl (C=O) groups excluding carboxylic acids is 1. The van der Waals surface area contributed by atoms with Gasteiger partial charge in [-0.25, -0.2) is 10.4 Å². The monoisotopic (exact) mass is 371 g/mol. The Morgan fingerprint density at radius 1 is 1.14 bits per heavy atom. The van der Waals surface area contributed by atoms with Gasteiger partial charge in [0.15, 0.2) is 0 Å². The highest BCUT2D eigenvalue weighted by Crippen LogP contribution is 2.30. The number of fused-ring (bicyclic) bond motifs is 1. The van der Waals surface area contributed by atoms with E-state index in [1.165, 1.54) is 0 Å². The summed E-state index contributed by atoms with van der Waals surface area (Å²) < 4.78 is 0. The molecular formula is C23H21N3O2. The number of phenols is 1. The molecule has 0 radical (unpaired) electrons. The maximum absolute atomic E-state index is 12.8. The molecule has 1 aliphatic carbocycles. The lowest BCUT2D eigenvalue weighted by atomic mass is 9.96. The van der Waals surface area contributed by atoms with Gasteiger partial charge in [-0.3, -0.25) is 4.79 Å². The van der Waals surface area contributed by atoms with E-state index in [1.54, 1.807) is 24.3 Å². The van der Waals surface area contributed by atoms with Crippen molar-refractivity contribution >= 4 is 23.0 Å². The molecule has 140 valence electrons. The van der Waals surface area contributed by atoms with Gasteiger partial charge in [-0.05, 0) is 49.4 Å². The third-order valence-corrected chi connectivity index (χ3v) is 4.90. The van der Waals surface area contributed by atoms with Crippen molar-refractivity contribution in [3.63, 3.8) is 0 Å². The molecule has 1 aliphatic rings. The number of allylic oxidation sites excluding steroid dienone is 2. The standard InChI is InChI=1S/C23H21N3O2/c27-22-13-7-5-11-18(22)21-14-19(17-10-4-6-12-20(17)25-21)23(28)26-24-15-16-8-2-1-3-9-16/h1-2,4-7,10-16,27H,3,8-9H2,(H,26,28)/b24-15-. The first-order valence-corrected chi connectivity index (χ1v) is 9.39. The predicted octanol–water partition coefficient (Wildman–Crippen LogP) is 4.68. The number of pyridine rings is 1. The number of aromatic hydroxyl groups is 1. The van der Waals surface area contributed by atoms with Crippen molar-refractivity contribution in [3.05, 3.63) is 72.3 Å². The molecule has 2 N–H and O–H groups in total. The summed E-state index contributed by atoms with van der Waals surface area (Å²) >= 11 is 0. The van der Waals surface area contributed by atoms with Crippen molar-refractivity contribution in [1.82, 2.24) is 10.4 Å². The Labute approximate surface area is 163 Å². The molecule has 1 amide bonds. The molecule has 0 fully saturated rings. The molecule has 4 rings (SSSR count). The van der Waals surface area contributed by atoms with Gasteiger partial charge in [-0.1, -0.05) is 42.5 Å². The van der Waals surface area contributed by atoms with Gasteiger partial charge in [-0.2, -0.15) is 5.10 Å². The van der Waals surface area contributed by atoms with E-state index in [4.69, 9.17) is 0 Å². The smallest absolute Gasteiger partial charge is 0.272 e. The zero-order valence-electron chi connectivity index (χ0n) is 15.4. The molecular weight excluding hydrogens is 350 g/mol. The van der Waals surface area contributed by atoms with Crippen LogP contribution in [-0.2, 0) is 0 Å². The second-order valence-electron chi connectivity index (χ2n) is 6.85. The number of nitrogens with zero attached hydrogens (tertiary/aromatic N) is 2. The van der Waals surface area contributed by atoms with Crippen LogP contribution in [0.15, 0.2) is 71.9 Å². The van der Waals surface area contributed by atoms with Gasteiger partial charge in [0.25, 0.3) is 5.91 Å². The first kappa shape index (κ1) is 17.9. The predicted molar refractivity (Wildman–Crippen MR) is 111 cm³/mol. The second-order valence-corrected chi connectivity index (χ2v) is 6.85. The number of rotatable bonds is 4. The number of aromatic nitrogens is 1. The van der Waals surface area contributed by atoms with Gasteiger partial charge < -0.3 is 5.11 Å². The summed E-state index contributed by atoms with van der Waals surface area (Å²) in [6.45, 7) is 0. The van der Waals surface area contributed by atoms with Crippen LogP contribution in [0, 0.1) is 5.92 Å². The van der Waals surface area contributed by atoms with E-state index in [0.29, 0.717) is 28.3 Å². The number of carbonyl (C=O) groups is 1. The highest BCUT2D eigenvalue weighted by molar-refractivity contribution is 6.07. The third-order valence-electron chi connectivity index (χ3n) is 4.90. The van der Waals surface area contributed by atoms with Crippen LogP contribution in [-0.4, -0.2) is 22.2 Å². The van der Waals surface area contributed by atoms with E-state index >= 15 is 0 Å². The molecule has 0 bridgehead atoms. The quantitative estimate of drug-likeness (QED) is 0.397. The summed E-state index contributed by atoms with van der Waals surface area (Å²) in [5.41, 5.74) is 4.94. The van der Waals surface area contributed by atoms with Crippen LogP contribution >= 0.6 is 0 Å².